The largest absolute Gasteiger partial charge is 0.327 e. The van der Waals surface area contributed by atoms with E-state index in [1.807, 2.05) is 0 Å². The summed E-state index contributed by atoms with van der Waals surface area (Å²) in [5, 5.41) is 21.4. The minimum atomic E-state index is -3.62. The van der Waals surface area contributed by atoms with Crippen LogP contribution in [0.15, 0.2) is 18.2 Å². The maximum atomic E-state index is 11.8. The normalized spacial score (nSPS) is 12.9. The maximum Gasteiger partial charge on any atom is 0.280 e. The Hall–Kier alpha value is -2.07. The second-order valence-corrected chi connectivity index (χ2v) is 6.47. The molecule has 0 bridgehead atoms. The van der Waals surface area contributed by atoms with Crippen molar-refractivity contribution in [1.29, 1.82) is 0 Å². The molecule has 0 aliphatic carbocycles. The molecule has 0 fully saturated rings. The fraction of sp³-hybridized carbons (Fsp3) is 0.400. The standard InChI is InChI=1S/C10H13N3O6S/c1-7(11)5-20(18,19)6-8-2-3-9(12(14)15)4-10(8)13(16)17/h2-4,7H,5-6,11H2,1H3. The molecule has 2 N–H and O–H groups in total. The topological polar surface area (TPSA) is 146 Å². The van der Waals surface area contributed by atoms with Crippen LogP contribution in [0, 0.1) is 20.2 Å². The number of hydrogen-bond acceptors (Lipinski definition) is 7. The third-order valence-corrected chi connectivity index (χ3v) is 4.15. The zero-order chi connectivity index (χ0) is 15.5. The maximum absolute atomic E-state index is 11.8. The van der Waals surface area contributed by atoms with Crippen LogP contribution in [0.2, 0.25) is 0 Å². The van der Waals surface area contributed by atoms with E-state index in [0.29, 0.717) is 0 Å². The number of nitrogens with two attached hydrogens (primary N) is 1. The lowest BCUT2D eigenvalue weighted by atomic mass is 10.2. The number of non-ortho nitro benzene ring substituents is 1. The van der Waals surface area contributed by atoms with Gasteiger partial charge >= 0.3 is 0 Å². The smallest absolute Gasteiger partial charge is 0.280 e. The van der Waals surface area contributed by atoms with Crippen LogP contribution in [-0.4, -0.2) is 30.1 Å². The van der Waals surface area contributed by atoms with Gasteiger partial charge in [-0.1, -0.05) is 0 Å². The molecule has 0 saturated carbocycles. The molecule has 1 aromatic rings. The lowest BCUT2D eigenvalue weighted by Gasteiger charge is -2.07. The van der Waals surface area contributed by atoms with Gasteiger partial charge in [-0.05, 0) is 13.0 Å². The van der Waals surface area contributed by atoms with Gasteiger partial charge in [0.05, 0.1) is 27.4 Å². The Kier molecular flexibility index (Phi) is 4.73. The summed E-state index contributed by atoms with van der Waals surface area (Å²) in [5.41, 5.74) is 4.24. The molecule has 0 saturated heterocycles. The van der Waals surface area contributed by atoms with Gasteiger partial charge in [-0.15, -0.1) is 0 Å². The zero-order valence-corrected chi connectivity index (χ0v) is 11.4. The Bertz CT molecular complexity index is 640. The van der Waals surface area contributed by atoms with Gasteiger partial charge < -0.3 is 5.73 Å². The van der Waals surface area contributed by atoms with Gasteiger partial charge in [-0.3, -0.25) is 20.2 Å². The van der Waals surface area contributed by atoms with Crippen LogP contribution in [0.3, 0.4) is 0 Å². The van der Waals surface area contributed by atoms with Gasteiger partial charge in [0.15, 0.2) is 9.84 Å². The number of benzene rings is 1. The Labute approximate surface area is 114 Å². The monoisotopic (exact) mass is 303 g/mol. The highest BCUT2D eigenvalue weighted by Gasteiger charge is 2.24. The van der Waals surface area contributed by atoms with E-state index >= 15 is 0 Å². The number of nitrogens with zero attached hydrogens (tertiary/aromatic N) is 2. The van der Waals surface area contributed by atoms with Crippen molar-refractivity contribution in [2.75, 3.05) is 5.75 Å². The lowest BCUT2D eigenvalue weighted by molar-refractivity contribution is -0.394. The minimum absolute atomic E-state index is 0.0961. The highest BCUT2D eigenvalue weighted by Crippen LogP contribution is 2.26. The van der Waals surface area contributed by atoms with Crippen molar-refractivity contribution in [3.63, 3.8) is 0 Å². The molecule has 0 amide bonds. The molecule has 9 nitrogen and oxygen atoms in total. The lowest BCUT2D eigenvalue weighted by Crippen LogP contribution is -2.27. The predicted molar refractivity (Wildman–Crippen MR) is 70.9 cm³/mol. The van der Waals surface area contributed by atoms with Crippen molar-refractivity contribution in [1.82, 2.24) is 0 Å². The fourth-order valence-electron chi connectivity index (χ4n) is 1.65. The van der Waals surface area contributed by atoms with E-state index in [0.717, 1.165) is 18.2 Å². The third-order valence-electron chi connectivity index (χ3n) is 2.37. The van der Waals surface area contributed by atoms with Crippen LogP contribution in [0.4, 0.5) is 11.4 Å². The van der Waals surface area contributed by atoms with Crippen LogP contribution in [0.1, 0.15) is 12.5 Å². The van der Waals surface area contributed by atoms with E-state index in [2.05, 4.69) is 0 Å². The van der Waals surface area contributed by atoms with Gasteiger partial charge in [-0.2, -0.15) is 0 Å². The molecule has 1 unspecified atom stereocenters. The van der Waals surface area contributed by atoms with Crippen LogP contribution in [-0.2, 0) is 15.6 Å². The first-order valence-electron chi connectivity index (χ1n) is 5.50. The summed E-state index contributed by atoms with van der Waals surface area (Å²) in [5.74, 6) is -0.899. The summed E-state index contributed by atoms with van der Waals surface area (Å²) in [7, 11) is -3.62. The van der Waals surface area contributed by atoms with E-state index < -0.39 is 42.9 Å². The molecule has 20 heavy (non-hydrogen) atoms. The van der Waals surface area contributed by atoms with Crippen molar-refractivity contribution >= 4 is 21.2 Å². The van der Waals surface area contributed by atoms with Gasteiger partial charge in [0.2, 0.25) is 0 Å². The molecule has 0 aliphatic heterocycles. The van der Waals surface area contributed by atoms with Gasteiger partial charge in [0.25, 0.3) is 11.4 Å². The summed E-state index contributed by atoms with van der Waals surface area (Å²) < 4.78 is 23.5. The van der Waals surface area contributed by atoms with Crippen molar-refractivity contribution in [2.24, 2.45) is 5.73 Å². The Morgan fingerprint density at radius 1 is 1.25 bits per heavy atom. The predicted octanol–water partition coefficient (Wildman–Crippen LogP) is 0.765. The summed E-state index contributed by atoms with van der Waals surface area (Å²) >= 11 is 0. The summed E-state index contributed by atoms with van der Waals surface area (Å²) in [6.45, 7) is 1.50. The average molecular weight is 303 g/mol. The van der Waals surface area contributed by atoms with E-state index in [9.17, 15) is 28.6 Å². The molecule has 0 heterocycles. The first-order valence-corrected chi connectivity index (χ1v) is 7.32. The summed E-state index contributed by atoms with van der Waals surface area (Å²) in [6, 6.07) is 2.26. The van der Waals surface area contributed by atoms with E-state index in [1.54, 1.807) is 0 Å². The fourth-order valence-corrected chi connectivity index (χ4v) is 3.29. The number of rotatable bonds is 6. The van der Waals surface area contributed by atoms with Crippen molar-refractivity contribution < 1.29 is 18.3 Å². The minimum Gasteiger partial charge on any atom is -0.327 e. The van der Waals surface area contributed by atoms with E-state index in [4.69, 9.17) is 5.73 Å². The average Bonchev–Trinajstić information content (AvgIpc) is 2.26. The molecule has 0 aliphatic rings. The molecule has 0 radical (unpaired) electrons. The van der Waals surface area contributed by atoms with E-state index in [1.165, 1.54) is 6.92 Å². The highest BCUT2D eigenvalue weighted by molar-refractivity contribution is 7.90. The quantitative estimate of drug-likeness (QED) is 0.602. The molecular weight excluding hydrogens is 290 g/mol. The molecule has 110 valence electrons. The molecule has 1 aromatic carbocycles. The third kappa shape index (κ3) is 4.24. The van der Waals surface area contributed by atoms with Gasteiger partial charge in [-0.25, -0.2) is 8.42 Å². The number of sulfone groups is 1. The molecule has 1 atom stereocenters. The zero-order valence-electron chi connectivity index (χ0n) is 10.6. The SMILES string of the molecule is CC(N)CS(=O)(=O)Cc1ccc([N+](=O)[O-])cc1[N+](=O)[O-]. The Morgan fingerprint density at radius 3 is 2.30 bits per heavy atom. The van der Waals surface area contributed by atoms with Gasteiger partial charge in [0.1, 0.15) is 0 Å². The first-order chi connectivity index (χ1) is 9.12. The summed E-state index contributed by atoms with van der Waals surface area (Å²) in [4.78, 5) is 19.8. The Morgan fingerprint density at radius 2 is 1.85 bits per heavy atom. The highest BCUT2D eigenvalue weighted by atomic mass is 32.2. The number of nitro benzene ring substituents is 2. The molecule has 0 aromatic heterocycles. The summed E-state index contributed by atoms with van der Waals surface area (Å²) in [6.07, 6.45) is 0. The molecule has 1 rings (SSSR count). The van der Waals surface area contributed by atoms with Crippen molar-refractivity contribution in [3.05, 3.63) is 44.0 Å². The second-order valence-electron chi connectivity index (χ2n) is 4.36. The molecular formula is C10H13N3O6S. The molecule has 10 heteroatoms. The van der Waals surface area contributed by atoms with Crippen molar-refractivity contribution in [2.45, 2.75) is 18.7 Å². The van der Waals surface area contributed by atoms with Crippen LogP contribution in [0.5, 0.6) is 0 Å². The second kappa shape index (κ2) is 5.92. The number of nitro groups is 2. The van der Waals surface area contributed by atoms with Crippen LogP contribution < -0.4 is 5.73 Å². The van der Waals surface area contributed by atoms with Crippen molar-refractivity contribution in [3.8, 4) is 0 Å². The first kappa shape index (κ1) is 16.0. The van der Waals surface area contributed by atoms with Gasteiger partial charge in [0, 0.05) is 17.7 Å². The van der Waals surface area contributed by atoms with Crippen LogP contribution in [0.25, 0.3) is 0 Å². The Balaban J connectivity index is 3.19. The van der Waals surface area contributed by atoms with E-state index in [-0.39, 0.29) is 11.3 Å². The number of hydrogen-bond donors (Lipinski definition) is 1. The molecule has 0 spiro atoms. The van der Waals surface area contributed by atoms with Crippen LogP contribution >= 0.6 is 0 Å².